The molecule has 0 radical (unpaired) electrons. The summed E-state index contributed by atoms with van der Waals surface area (Å²) < 4.78 is 31.8. The predicted molar refractivity (Wildman–Crippen MR) is 117 cm³/mol. The number of hydrogen-bond acceptors (Lipinski definition) is 4. The standard InChI is InChI=1S/C22H30N2O4S/c1-6-20(24(29(5,26)27)19-11-8-16(2)9-12-19)22(25)23-13-14-28-21-15-17(3)7-10-18(21)4/h7-12,15,20H,6,13-14H2,1-5H3,(H,23,25)/t20-/m1/s1. The van der Waals surface area contributed by atoms with Crippen LogP contribution in [0.25, 0.3) is 0 Å². The molecule has 0 aliphatic heterocycles. The lowest BCUT2D eigenvalue weighted by atomic mass is 10.1. The first-order valence-electron chi connectivity index (χ1n) is 9.67. The van der Waals surface area contributed by atoms with E-state index in [1.807, 2.05) is 51.1 Å². The van der Waals surface area contributed by atoms with Crippen LogP contribution in [0.4, 0.5) is 5.69 Å². The highest BCUT2D eigenvalue weighted by atomic mass is 32.2. The van der Waals surface area contributed by atoms with Crippen LogP contribution < -0.4 is 14.4 Å². The number of ether oxygens (including phenoxy) is 1. The van der Waals surface area contributed by atoms with E-state index < -0.39 is 16.1 Å². The Hall–Kier alpha value is -2.54. The minimum Gasteiger partial charge on any atom is -0.491 e. The number of benzene rings is 2. The lowest BCUT2D eigenvalue weighted by molar-refractivity contribution is -0.122. The van der Waals surface area contributed by atoms with Crippen molar-refractivity contribution in [3.8, 4) is 5.75 Å². The van der Waals surface area contributed by atoms with Crippen molar-refractivity contribution >= 4 is 21.6 Å². The van der Waals surface area contributed by atoms with Crippen molar-refractivity contribution in [2.45, 2.75) is 40.2 Å². The molecule has 29 heavy (non-hydrogen) atoms. The molecular formula is C22H30N2O4S. The van der Waals surface area contributed by atoms with Gasteiger partial charge in [-0.3, -0.25) is 9.10 Å². The monoisotopic (exact) mass is 418 g/mol. The number of anilines is 1. The van der Waals surface area contributed by atoms with Crippen LogP contribution in [0.5, 0.6) is 5.75 Å². The minimum absolute atomic E-state index is 0.286. The van der Waals surface area contributed by atoms with E-state index in [-0.39, 0.29) is 12.5 Å². The summed E-state index contributed by atoms with van der Waals surface area (Å²) in [6, 6.07) is 12.2. The molecule has 0 spiro atoms. The summed E-state index contributed by atoms with van der Waals surface area (Å²) in [4.78, 5) is 12.8. The van der Waals surface area contributed by atoms with Gasteiger partial charge in [0.1, 0.15) is 18.4 Å². The number of sulfonamides is 1. The van der Waals surface area contributed by atoms with E-state index in [2.05, 4.69) is 5.32 Å². The molecule has 0 aliphatic rings. The fraction of sp³-hybridized carbons (Fsp3) is 0.409. The maximum absolute atomic E-state index is 12.8. The summed E-state index contributed by atoms with van der Waals surface area (Å²) >= 11 is 0. The van der Waals surface area contributed by atoms with Crippen LogP contribution in [0, 0.1) is 20.8 Å². The van der Waals surface area contributed by atoms with Gasteiger partial charge in [0.25, 0.3) is 0 Å². The van der Waals surface area contributed by atoms with Gasteiger partial charge in [-0.2, -0.15) is 0 Å². The summed E-state index contributed by atoms with van der Waals surface area (Å²) in [5.74, 6) is 0.437. The van der Waals surface area contributed by atoms with Gasteiger partial charge < -0.3 is 10.1 Å². The highest BCUT2D eigenvalue weighted by Gasteiger charge is 2.31. The largest absolute Gasteiger partial charge is 0.491 e. The number of carbonyl (C=O) groups excluding carboxylic acids is 1. The van der Waals surface area contributed by atoms with Crippen LogP contribution in [0.15, 0.2) is 42.5 Å². The Bertz CT molecular complexity index is 940. The molecule has 158 valence electrons. The molecule has 6 nitrogen and oxygen atoms in total. The molecule has 0 aliphatic carbocycles. The molecule has 1 atom stereocenters. The maximum Gasteiger partial charge on any atom is 0.244 e. The molecule has 0 aromatic heterocycles. The summed E-state index contributed by atoms with van der Waals surface area (Å²) in [5.41, 5.74) is 3.62. The second-order valence-electron chi connectivity index (χ2n) is 7.23. The maximum atomic E-state index is 12.8. The quantitative estimate of drug-likeness (QED) is 0.634. The molecule has 2 rings (SSSR count). The molecule has 0 saturated heterocycles. The number of nitrogens with zero attached hydrogens (tertiary/aromatic N) is 1. The van der Waals surface area contributed by atoms with Gasteiger partial charge >= 0.3 is 0 Å². The van der Waals surface area contributed by atoms with E-state index in [0.717, 1.165) is 28.7 Å². The van der Waals surface area contributed by atoms with Crippen molar-refractivity contribution in [1.82, 2.24) is 5.32 Å². The second kappa shape index (κ2) is 9.78. The highest BCUT2D eigenvalue weighted by molar-refractivity contribution is 7.92. The van der Waals surface area contributed by atoms with Crippen molar-refractivity contribution in [3.63, 3.8) is 0 Å². The summed E-state index contributed by atoms with van der Waals surface area (Å²) in [6.45, 7) is 8.26. The number of hydrogen-bond donors (Lipinski definition) is 1. The van der Waals surface area contributed by atoms with Crippen molar-refractivity contribution in [3.05, 3.63) is 59.2 Å². The fourth-order valence-electron chi connectivity index (χ4n) is 3.07. The normalized spacial score (nSPS) is 12.3. The van der Waals surface area contributed by atoms with Crippen molar-refractivity contribution in [1.29, 1.82) is 0 Å². The zero-order chi connectivity index (χ0) is 21.6. The molecule has 1 N–H and O–H groups in total. The average molecular weight is 419 g/mol. The summed E-state index contributed by atoms with van der Waals surface area (Å²) in [6.07, 6.45) is 1.47. The first-order valence-corrected chi connectivity index (χ1v) is 11.5. The summed E-state index contributed by atoms with van der Waals surface area (Å²) in [5, 5.41) is 2.80. The number of nitrogens with one attached hydrogen (secondary N) is 1. The molecule has 2 aromatic rings. The predicted octanol–water partition coefficient (Wildman–Crippen LogP) is 3.35. The van der Waals surface area contributed by atoms with Crippen LogP contribution in [-0.2, 0) is 14.8 Å². The molecule has 1 amide bonds. The lowest BCUT2D eigenvalue weighted by Gasteiger charge is -2.30. The Morgan fingerprint density at radius 3 is 2.28 bits per heavy atom. The smallest absolute Gasteiger partial charge is 0.244 e. The highest BCUT2D eigenvalue weighted by Crippen LogP contribution is 2.23. The van der Waals surface area contributed by atoms with Gasteiger partial charge in [-0.25, -0.2) is 8.42 Å². The minimum atomic E-state index is -3.63. The molecule has 0 fully saturated rings. The van der Waals surface area contributed by atoms with Crippen LogP contribution in [0.1, 0.15) is 30.0 Å². The van der Waals surface area contributed by atoms with Crippen LogP contribution in [-0.4, -0.2) is 39.8 Å². The Kier molecular flexibility index (Phi) is 7.67. The zero-order valence-corrected chi connectivity index (χ0v) is 18.5. The SMILES string of the molecule is CC[C@H](C(=O)NCCOc1cc(C)ccc1C)N(c1ccc(C)cc1)S(C)(=O)=O. The third kappa shape index (κ3) is 6.22. The van der Waals surface area contributed by atoms with E-state index in [4.69, 9.17) is 4.74 Å². The zero-order valence-electron chi connectivity index (χ0n) is 17.7. The van der Waals surface area contributed by atoms with E-state index >= 15 is 0 Å². The van der Waals surface area contributed by atoms with Crippen LogP contribution in [0.3, 0.4) is 0 Å². The van der Waals surface area contributed by atoms with Crippen LogP contribution in [0.2, 0.25) is 0 Å². The van der Waals surface area contributed by atoms with Gasteiger partial charge in [0.2, 0.25) is 15.9 Å². The number of aryl methyl sites for hydroxylation is 3. The summed E-state index contributed by atoms with van der Waals surface area (Å²) in [7, 11) is -3.63. The number of amides is 1. The van der Waals surface area contributed by atoms with E-state index in [1.54, 1.807) is 19.1 Å². The Morgan fingerprint density at radius 2 is 1.69 bits per heavy atom. The molecule has 0 saturated carbocycles. The van der Waals surface area contributed by atoms with E-state index in [1.165, 1.54) is 4.31 Å². The van der Waals surface area contributed by atoms with Crippen LogP contribution >= 0.6 is 0 Å². The van der Waals surface area contributed by atoms with Crippen molar-refractivity contribution in [2.24, 2.45) is 0 Å². The molecule has 7 heteroatoms. The van der Waals surface area contributed by atoms with E-state index in [0.29, 0.717) is 18.7 Å². The number of rotatable bonds is 9. The van der Waals surface area contributed by atoms with Gasteiger partial charge in [-0.1, -0.05) is 36.8 Å². The van der Waals surface area contributed by atoms with Gasteiger partial charge in [0.15, 0.2) is 0 Å². The number of carbonyl (C=O) groups is 1. The third-order valence-corrected chi connectivity index (χ3v) is 5.80. The second-order valence-corrected chi connectivity index (χ2v) is 9.09. The van der Waals surface area contributed by atoms with Gasteiger partial charge in [-0.05, 0) is 56.5 Å². The Labute approximate surface area is 173 Å². The molecule has 0 heterocycles. The third-order valence-electron chi connectivity index (χ3n) is 4.62. The topological polar surface area (TPSA) is 75.7 Å². The molecular weight excluding hydrogens is 388 g/mol. The van der Waals surface area contributed by atoms with Gasteiger partial charge in [0, 0.05) is 0 Å². The van der Waals surface area contributed by atoms with Gasteiger partial charge in [0.05, 0.1) is 18.5 Å². The van der Waals surface area contributed by atoms with E-state index in [9.17, 15) is 13.2 Å². The van der Waals surface area contributed by atoms with Gasteiger partial charge in [-0.15, -0.1) is 0 Å². The van der Waals surface area contributed by atoms with Crippen molar-refractivity contribution in [2.75, 3.05) is 23.7 Å². The average Bonchev–Trinajstić information content (AvgIpc) is 2.65. The lowest BCUT2D eigenvalue weighted by Crippen LogP contribution is -2.50. The molecule has 0 unspecified atom stereocenters. The first-order chi connectivity index (χ1) is 13.6. The molecule has 2 aromatic carbocycles. The fourth-order valence-corrected chi connectivity index (χ4v) is 4.28. The Balaban J connectivity index is 2.05. The van der Waals surface area contributed by atoms with Crippen molar-refractivity contribution < 1.29 is 17.9 Å². The first kappa shape index (κ1) is 22.7. The Morgan fingerprint density at radius 1 is 1.07 bits per heavy atom. The molecule has 0 bridgehead atoms.